The summed E-state index contributed by atoms with van der Waals surface area (Å²) in [5, 5.41) is 9.05. The Bertz CT molecular complexity index is 586. The molecule has 1 heterocycles. The van der Waals surface area contributed by atoms with Gasteiger partial charge in [0.25, 0.3) is 0 Å². The molecule has 0 spiro atoms. The summed E-state index contributed by atoms with van der Waals surface area (Å²) >= 11 is 5.88. The molecular formula is C12H7ClFNO2. The smallest absolute Gasteiger partial charge is 0.337 e. The summed E-state index contributed by atoms with van der Waals surface area (Å²) in [5.74, 6) is -1.52. The van der Waals surface area contributed by atoms with Gasteiger partial charge < -0.3 is 5.11 Å². The van der Waals surface area contributed by atoms with E-state index in [1.165, 1.54) is 36.7 Å². The molecule has 3 nitrogen and oxygen atoms in total. The molecule has 0 bridgehead atoms. The van der Waals surface area contributed by atoms with E-state index in [0.29, 0.717) is 11.1 Å². The Hall–Kier alpha value is -1.94. The third kappa shape index (κ3) is 2.42. The molecule has 0 aliphatic carbocycles. The minimum absolute atomic E-state index is 0.0582. The molecular weight excluding hydrogens is 245 g/mol. The van der Waals surface area contributed by atoms with Crippen molar-refractivity contribution in [3.8, 4) is 11.1 Å². The van der Waals surface area contributed by atoms with Crippen LogP contribution in [0.5, 0.6) is 0 Å². The van der Waals surface area contributed by atoms with Crippen molar-refractivity contribution < 1.29 is 14.3 Å². The van der Waals surface area contributed by atoms with E-state index < -0.39 is 11.8 Å². The molecule has 0 amide bonds. The Kier molecular flexibility index (Phi) is 3.06. The maximum absolute atomic E-state index is 12.9. The molecule has 1 N–H and O–H groups in total. The molecule has 0 saturated carbocycles. The van der Waals surface area contributed by atoms with E-state index in [-0.39, 0.29) is 10.6 Å². The molecule has 0 unspecified atom stereocenters. The van der Waals surface area contributed by atoms with E-state index >= 15 is 0 Å². The molecule has 2 aromatic rings. The zero-order valence-corrected chi connectivity index (χ0v) is 9.28. The van der Waals surface area contributed by atoms with Gasteiger partial charge in [0.2, 0.25) is 0 Å². The monoisotopic (exact) mass is 251 g/mol. The highest BCUT2D eigenvalue weighted by molar-refractivity contribution is 6.33. The number of benzene rings is 1. The molecule has 86 valence electrons. The van der Waals surface area contributed by atoms with Crippen LogP contribution in [0.25, 0.3) is 11.1 Å². The predicted molar refractivity (Wildman–Crippen MR) is 61.6 cm³/mol. The first-order valence-electron chi connectivity index (χ1n) is 4.71. The van der Waals surface area contributed by atoms with Crippen molar-refractivity contribution in [3.63, 3.8) is 0 Å². The van der Waals surface area contributed by atoms with Crippen LogP contribution in [0, 0.1) is 5.82 Å². The van der Waals surface area contributed by atoms with Crippen LogP contribution in [-0.4, -0.2) is 16.1 Å². The zero-order valence-electron chi connectivity index (χ0n) is 8.52. The average molecular weight is 252 g/mol. The molecule has 0 saturated heterocycles. The number of aromatic nitrogens is 1. The maximum Gasteiger partial charge on any atom is 0.337 e. The predicted octanol–water partition coefficient (Wildman–Crippen LogP) is 3.24. The minimum atomic E-state index is -1.07. The third-order valence-corrected chi connectivity index (χ3v) is 2.54. The van der Waals surface area contributed by atoms with Gasteiger partial charge in [-0.05, 0) is 24.3 Å². The molecule has 17 heavy (non-hydrogen) atoms. The maximum atomic E-state index is 12.9. The first-order chi connectivity index (χ1) is 8.08. The SMILES string of the molecule is O=C(O)c1cncc(-c2ccc(F)cc2Cl)c1. The largest absolute Gasteiger partial charge is 0.478 e. The van der Waals surface area contributed by atoms with Gasteiger partial charge in [0.05, 0.1) is 10.6 Å². The topological polar surface area (TPSA) is 50.2 Å². The summed E-state index contributed by atoms with van der Waals surface area (Å²) in [6, 6.07) is 5.35. The summed E-state index contributed by atoms with van der Waals surface area (Å²) in [4.78, 5) is 14.6. The van der Waals surface area contributed by atoms with Crippen molar-refractivity contribution in [3.05, 3.63) is 53.1 Å². The highest BCUT2D eigenvalue weighted by atomic mass is 35.5. The lowest BCUT2D eigenvalue weighted by Gasteiger charge is -2.04. The summed E-state index contributed by atoms with van der Waals surface area (Å²) in [6.45, 7) is 0. The van der Waals surface area contributed by atoms with Gasteiger partial charge in [-0.2, -0.15) is 0 Å². The number of pyridine rings is 1. The first-order valence-corrected chi connectivity index (χ1v) is 5.09. The number of hydrogen-bond donors (Lipinski definition) is 1. The van der Waals surface area contributed by atoms with Gasteiger partial charge >= 0.3 is 5.97 Å². The minimum Gasteiger partial charge on any atom is -0.478 e. The van der Waals surface area contributed by atoms with Crippen molar-refractivity contribution >= 4 is 17.6 Å². The molecule has 0 fully saturated rings. The number of carboxylic acid groups (broad SMARTS) is 1. The number of hydrogen-bond acceptors (Lipinski definition) is 2. The van der Waals surface area contributed by atoms with E-state index in [1.807, 2.05) is 0 Å². The summed E-state index contributed by atoms with van der Waals surface area (Å²) in [7, 11) is 0. The second-order valence-corrected chi connectivity index (χ2v) is 3.80. The lowest BCUT2D eigenvalue weighted by molar-refractivity contribution is 0.0696. The average Bonchev–Trinajstić information content (AvgIpc) is 2.29. The molecule has 0 radical (unpaired) electrons. The molecule has 0 aliphatic rings. The van der Waals surface area contributed by atoms with Gasteiger partial charge in [0.1, 0.15) is 5.82 Å². The number of carbonyl (C=O) groups is 1. The van der Waals surface area contributed by atoms with Gasteiger partial charge in [0.15, 0.2) is 0 Å². The molecule has 0 aliphatic heterocycles. The molecule has 5 heteroatoms. The van der Waals surface area contributed by atoms with Gasteiger partial charge in [-0.3, -0.25) is 4.98 Å². The van der Waals surface area contributed by atoms with Gasteiger partial charge in [-0.15, -0.1) is 0 Å². The Morgan fingerprint density at radius 1 is 1.29 bits per heavy atom. The summed E-state index contributed by atoms with van der Waals surface area (Å²) in [5.41, 5.74) is 1.14. The van der Waals surface area contributed by atoms with Crippen LogP contribution < -0.4 is 0 Å². The molecule has 1 aromatic heterocycles. The van der Waals surface area contributed by atoms with Crippen molar-refractivity contribution in [2.75, 3.05) is 0 Å². The van der Waals surface area contributed by atoms with E-state index in [0.717, 1.165) is 0 Å². The summed E-state index contributed by atoms with van der Waals surface area (Å²) in [6.07, 6.45) is 2.72. The highest BCUT2D eigenvalue weighted by Gasteiger charge is 2.08. The van der Waals surface area contributed by atoms with E-state index in [9.17, 15) is 9.18 Å². The second kappa shape index (κ2) is 4.51. The molecule has 1 aromatic carbocycles. The zero-order chi connectivity index (χ0) is 12.4. The molecule has 0 atom stereocenters. The number of rotatable bonds is 2. The van der Waals surface area contributed by atoms with E-state index in [1.54, 1.807) is 0 Å². The highest BCUT2D eigenvalue weighted by Crippen LogP contribution is 2.28. The van der Waals surface area contributed by atoms with Gasteiger partial charge in [-0.1, -0.05) is 11.6 Å². The standard InChI is InChI=1S/C12H7ClFNO2/c13-11-4-9(14)1-2-10(11)7-3-8(12(16)17)6-15-5-7/h1-6H,(H,16,17). The number of nitrogens with zero attached hydrogens (tertiary/aromatic N) is 1. The fourth-order valence-electron chi connectivity index (χ4n) is 1.43. The first kappa shape index (κ1) is 11.5. The fraction of sp³-hybridized carbons (Fsp3) is 0. The van der Waals surface area contributed by atoms with Crippen LogP contribution in [0.15, 0.2) is 36.7 Å². The van der Waals surface area contributed by atoms with Crippen LogP contribution in [0.3, 0.4) is 0 Å². The third-order valence-electron chi connectivity index (χ3n) is 2.23. The number of aromatic carboxylic acids is 1. The Balaban J connectivity index is 2.53. The van der Waals surface area contributed by atoms with Crippen molar-refractivity contribution in [1.29, 1.82) is 0 Å². The van der Waals surface area contributed by atoms with Crippen molar-refractivity contribution in [2.45, 2.75) is 0 Å². The van der Waals surface area contributed by atoms with Crippen molar-refractivity contribution in [2.24, 2.45) is 0 Å². The van der Waals surface area contributed by atoms with Gasteiger partial charge in [0, 0.05) is 23.5 Å². The van der Waals surface area contributed by atoms with Gasteiger partial charge in [-0.25, -0.2) is 9.18 Å². The normalized spacial score (nSPS) is 10.2. The van der Waals surface area contributed by atoms with Crippen LogP contribution in [0.4, 0.5) is 4.39 Å². The van der Waals surface area contributed by atoms with Crippen LogP contribution in [0.2, 0.25) is 5.02 Å². The number of halogens is 2. The van der Waals surface area contributed by atoms with E-state index in [2.05, 4.69) is 4.98 Å². The Labute approximate surface area is 101 Å². The van der Waals surface area contributed by atoms with Crippen LogP contribution in [-0.2, 0) is 0 Å². The van der Waals surface area contributed by atoms with Crippen LogP contribution in [0.1, 0.15) is 10.4 Å². The Morgan fingerprint density at radius 2 is 2.06 bits per heavy atom. The fourth-order valence-corrected chi connectivity index (χ4v) is 1.70. The van der Waals surface area contributed by atoms with E-state index in [4.69, 9.17) is 16.7 Å². The Morgan fingerprint density at radius 3 is 2.71 bits per heavy atom. The lowest BCUT2D eigenvalue weighted by Crippen LogP contribution is -1.97. The summed E-state index contributed by atoms with van der Waals surface area (Å²) < 4.78 is 12.9. The van der Waals surface area contributed by atoms with Crippen LogP contribution >= 0.6 is 11.6 Å². The second-order valence-electron chi connectivity index (χ2n) is 3.39. The number of carboxylic acids is 1. The van der Waals surface area contributed by atoms with Crippen molar-refractivity contribution in [1.82, 2.24) is 4.98 Å². The quantitative estimate of drug-likeness (QED) is 0.891. The molecule has 2 rings (SSSR count). The lowest BCUT2D eigenvalue weighted by atomic mass is 10.1.